The van der Waals surface area contributed by atoms with Crippen LogP contribution in [-0.4, -0.2) is 37.7 Å². The van der Waals surface area contributed by atoms with Crippen LogP contribution in [0.1, 0.15) is 27.7 Å². The molecule has 1 aromatic heterocycles. The predicted octanol–water partition coefficient (Wildman–Crippen LogP) is 2.43. The minimum Gasteiger partial charge on any atom is -0.444 e. The third-order valence-corrected chi connectivity index (χ3v) is 4.82. The minimum atomic E-state index is -3.70. The Balaban J connectivity index is 2.00. The molecule has 2 N–H and O–H groups in total. The number of amides is 1. The van der Waals surface area contributed by atoms with Gasteiger partial charge in [0.1, 0.15) is 5.60 Å². The molecule has 0 aliphatic carbocycles. The van der Waals surface area contributed by atoms with Crippen molar-refractivity contribution in [2.24, 2.45) is 0 Å². The molecule has 0 aliphatic rings. The fraction of sp³-hybridized carbons (Fsp3) is 0.412. The number of hydrogen-bond acceptors (Lipinski definition) is 5. The van der Waals surface area contributed by atoms with Gasteiger partial charge >= 0.3 is 6.09 Å². The molecule has 1 heterocycles. The van der Waals surface area contributed by atoms with E-state index in [9.17, 15) is 13.2 Å². The fourth-order valence-electron chi connectivity index (χ4n) is 2.15. The lowest BCUT2D eigenvalue weighted by Crippen LogP contribution is -2.43. The predicted molar refractivity (Wildman–Crippen MR) is 95.8 cm³/mol. The number of nitrogens with zero attached hydrogens (tertiary/aromatic N) is 1. The van der Waals surface area contributed by atoms with E-state index in [0.717, 1.165) is 10.8 Å². The van der Waals surface area contributed by atoms with Crippen molar-refractivity contribution in [1.82, 2.24) is 15.0 Å². The number of hydrogen-bond donors (Lipinski definition) is 2. The lowest BCUT2D eigenvalue weighted by molar-refractivity contribution is 0.0524. The summed E-state index contributed by atoms with van der Waals surface area (Å²) >= 11 is 0. The summed E-state index contributed by atoms with van der Waals surface area (Å²) in [5.74, 6) is 0. The molecule has 136 valence electrons. The molecule has 1 amide bonds. The van der Waals surface area contributed by atoms with Crippen LogP contribution in [0, 0.1) is 0 Å². The van der Waals surface area contributed by atoms with Crippen LogP contribution < -0.4 is 10.0 Å². The molecule has 0 saturated heterocycles. The number of aromatic nitrogens is 1. The van der Waals surface area contributed by atoms with Gasteiger partial charge < -0.3 is 10.1 Å². The molecule has 0 fully saturated rings. The Labute approximate surface area is 147 Å². The molecule has 0 aliphatic heterocycles. The number of ether oxygens (including phenoxy) is 1. The number of carbonyl (C=O) groups excluding carboxylic acids is 1. The van der Waals surface area contributed by atoms with E-state index in [1.165, 1.54) is 6.07 Å². The molecule has 2 rings (SSSR count). The summed E-state index contributed by atoms with van der Waals surface area (Å²) in [5.41, 5.74) is -0.604. The van der Waals surface area contributed by atoms with Gasteiger partial charge in [0.25, 0.3) is 0 Å². The van der Waals surface area contributed by atoms with Crippen LogP contribution in [0.2, 0.25) is 0 Å². The number of nitrogens with one attached hydrogen (secondary N) is 2. The van der Waals surface area contributed by atoms with Crippen molar-refractivity contribution in [2.45, 2.75) is 44.2 Å². The normalized spacial score (nSPS) is 13.4. The monoisotopic (exact) mass is 365 g/mol. The van der Waals surface area contributed by atoms with Gasteiger partial charge in [-0.3, -0.25) is 4.98 Å². The van der Waals surface area contributed by atoms with Crippen molar-refractivity contribution in [3.8, 4) is 0 Å². The summed E-state index contributed by atoms with van der Waals surface area (Å²) in [4.78, 5) is 15.8. The first-order chi connectivity index (χ1) is 11.6. The molecule has 1 atom stereocenters. The van der Waals surface area contributed by atoms with Gasteiger partial charge in [-0.25, -0.2) is 17.9 Å². The van der Waals surface area contributed by atoms with E-state index in [2.05, 4.69) is 15.0 Å². The second-order valence-electron chi connectivity index (χ2n) is 6.79. The standard InChI is InChI=1S/C17H23N3O4S/c1-12(10-19-16(21)24-17(2,3)4)20-25(22,23)15-6-5-14-11-18-8-7-13(14)9-15/h5-9,11-12,20H,10H2,1-4H3,(H,19,21)/t12-/m1/s1. The quantitative estimate of drug-likeness (QED) is 0.848. The minimum absolute atomic E-state index is 0.117. The highest BCUT2D eigenvalue weighted by molar-refractivity contribution is 7.89. The van der Waals surface area contributed by atoms with E-state index in [-0.39, 0.29) is 11.4 Å². The van der Waals surface area contributed by atoms with E-state index in [1.54, 1.807) is 58.3 Å². The van der Waals surface area contributed by atoms with Crippen molar-refractivity contribution < 1.29 is 17.9 Å². The molecule has 25 heavy (non-hydrogen) atoms. The van der Waals surface area contributed by atoms with E-state index in [4.69, 9.17) is 4.74 Å². The van der Waals surface area contributed by atoms with Crippen molar-refractivity contribution >= 4 is 26.9 Å². The number of pyridine rings is 1. The zero-order valence-electron chi connectivity index (χ0n) is 14.7. The Kier molecular flexibility index (Phi) is 5.64. The second kappa shape index (κ2) is 7.37. The Hall–Kier alpha value is -2.19. The number of sulfonamides is 1. The largest absolute Gasteiger partial charge is 0.444 e. The zero-order valence-corrected chi connectivity index (χ0v) is 15.6. The maximum absolute atomic E-state index is 12.5. The van der Waals surface area contributed by atoms with Gasteiger partial charge in [-0.2, -0.15) is 0 Å². The van der Waals surface area contributed by atoms with Crippen LogP contribution in [0.3, 0.4) is 0 Å². The average molecular weight is 365 g/mol. The Morgan fingerprint density at radius 1 is 1.24 bits per heavy atom. The molecule has 0 saturated carbocycles. The lowest BCUT2D eigenvalue weighted by atomic mass is 10.2. The van der Waals surface area contributed by atoms with Crippen molar-refractivity contribution in [3.63, 3.8) is 0 Å². The number of alkyl carbamates (subject to hydrolysis) is 1. The van der Waals surface area contributed by atoms with Gasteiger partial charge in [0, 0.05) is 30.4 Å². The van der Waals surface area contributed by atoms with Gasteiger partial charge in [0.15, 0.2) is 0 Å². The highest BCUT2D eigenvalue weighted by atomic mass is 32.2. The number of fused-ring (bicyclic) bond motifs is 1. The Bertz CT molecular complexity index is 860. The third kappa shape index (κ3) is 5.68. The molecular formula is C17H23N3O4S. The SMILES string of the molecule is C[C@H](CNC(=O)OC(C)(C)C)NS(=O)(=O)c1ccc2cnccc2c1. The molecular weight excluding hydrogens is 342 g/mol. The van der Waals surface area contributed by atoms with E-state index in [0.29, 0.717) is 0 Å². The van der Waals surface area contributed by atoms with Gasteiger partial charge in [-0.1, -0.05) is 6.07 Å². The third-order valence-electron chi connectivity index (χ3n) is 3.23. The average Bonchev–Trinajstić information content (AvgIpc) is 2.50. The first-order valence-electron chi connectivity index (χ1n) is 7.90. The molecule has 0 spiro atoms. The topological polar surface area (TPSA) is 97.4 Å². The van der Waals surface area contributed by atoms with Crippen LogP contribution in [0.4, 0.5) is 4.79 Å². The molecule has 2 aromatic rings. The summed E-state index contributed by atoms with van der Waals surface area (Å²) in [6, 6.07) is 6.08. The van der Waals surface area contributed by atoms with E-state index in [1.807, 2.05) is 0 Å². The number of benzene rings is 1. The fourth-order valence-corrected chi connectivity index (χ4v) is 3.43. The summed E-state index contributed by atoms with van der Waals surface area (Å²) < 4.78 is 32.6. The van der Waals surface area contributed by atoms with Crippen molar-refractivity contribution in [2.75, 3.05) is 6.54 Å². The van der Waals surface area contributed by atoms with Gasteiger partial charge in [-0.05, 0) is 51.3 Å². The first-order valence-corrected chi connectivity index (χ1v) is 9.38. The molecule has 8 heteroatoms. The van der Waals surface area contributed by atoms with Gasteiger partial charge in [0.05, 0.1) is 4.90 Å². The summed E-state index contributed by atoms with van der Waals surface area (Å²) in [7, 11) is -3.70. The molecule has 1 aromatic carbocycles. The number of carbonyl (C=O) groups is 1. The summed E-state index contributed by atoms with van der Waals surface area (Å²) in [5, 5.41) is 4.20. The maximum atomic E-state index is 12.5. The van der Waals surface area contributed by atoms with Gasteiger partial charge in [-0.15, -0.1) is 0 Å². The number of rotatable bonds is 5. The first kappa shape index (κ1) is 19.1. The van der Waals surface area contributed by atoms with Gasteiger partial charge in [0.2, 0.25) is 10.0 Å². The lowest BCUT2D eigenvalue weighted by Gasteiger charge is -2.21. The van der Waals surface area contributed by atoms with Crippen LogP contribution >= 0.6 is 0 Å². The highest BCUT2D eigenvalue weighted by Crippen LogP contribution is 2.18. The molecule has 0 unspecified atom stereocenters. The summed E-state index contributed by atoms with van der Waals surface area (Å²) in [6.45, 7) is 7.06. The smallest absolute Gasteiger partial charge is 0.407 e. The molecule has 7 nitrogen and oxygen atoms in total. The van der Waals surface area contributed by atoms with Crippen LogP contribution in [-0.2, 0) is 14.8 Å². The van der Waals surface area contributed by atoms with Crippen molar-refractivity contribution in [3.05, 3.63) is 36.7 Å². The second-order valence-corrected chi connectivity index (χ2v) is 8.50. The van der Waals surface area contributed by atoms with E-state index >= 15 is 0 Å². The Morgan fingerprint density at radius 3 is 2.64 bits per heavy atom. The summed E-state index contributed by atoms with van der Waals surface area (Å²) in [6.07, 6.45) is 2.70. The van der Waals surface area contributed by atoms with Crippen LogP contribution in [0.5, 0.6) is 0 Å². The van der Waals surface area contributed by atoms with Crippen LogP contribution in [0.15, 0.2) is 41.6 Å². The Morgan fingerprint density at radius 2 is 1.96 bits per heavy atom. The zero-order chi connectivity index (χ0) is 18.7. The van der Waals surface area contributed by atoms with E-state index < -0.39 is 27.8 Å². The highest BCUT2D eigenvalue weighted by Gasteiger charge is 2.20. The van der Waals surface area contributed by atoms with Crippen molar-refractivity contribution in [1.29, 1.82) is 0 Å². The molecule has 0 radical (unpaired) electrons. The maximum Gasteiger partial charge on any atom is 0.407 e. The molecule has 0 bridgehead atoms. The van der Waals surface area contributed by atoms with Crippen LogP contribution in [0.25, 0.3) is 10.8 Å².